The Hall–Kier alpha value is -6.65. The Labute approximate surface area is 365 Å². The fourth-order valence-corrected chi connectivity index (χ4v) is 10.1. The highest BCUT2D eigenvalue weighted by molar-refractivity contribution is 7.99. The van der Waals surface area contributed by atoms with Crippen LogP contribution in [0.1, 0.15) is 30.9 Å². The molecule has 4 nitrogen and oxygen atoms in total. The second kappa shape index (κ2) is 16.1. The first-order chi connectivity index (χ1) is 29.9. The van der Waals surface area contributed by atoms with Crippen LogP contribution in [0.25, 0.3) is 82.5 Å². The van der Waals surface area contributed by atoms with Crippen LogP contribution < -0.4 is 0 Å². The molecule has 0 radical (unpaired) electrons. The molecule has 0 bridgehead atoms. The lowest BCUT2D eigenvalue weighted by molar-refractivity contribution is 0.796. The summed E-state index contributed by atoms with van der Waals surface area (Å²) >= 11 is 6.78. The maximum atomic E-state index is 9.00. The van der Waals surface area contributed by atoms with Crippen molar-refractivity contribution >= 4 is 89.8 Å². The molecule has 0 aliphatic carbocycles. The maximum absolute atomic E-state index is 9.00. The largest absolute Gasteiger partial charge is 0.308 e. The molecule has 296 valence electrons. The van der Waals surface area contributed by atoms with Crippen LogP contribution in [0.15, 0.2) is 186 Å². The minimum atomic E-state index is 0.444. The van der Waals surface area contributed by atoms with Gasteiger partial charge in [0.25, 0.3) is 0 Å². The number of allylic oxidation sites excluding steroid dienone is 4. The van der Waals surface area contributed by atoms with E-state index < -0.39 is 0 Å². The van der Waals surface area contributed by atoms with Gasteiger partial charge >= 0.3 is 0 Å². The number of hydrogen-bond donors (Lipinski definition) is 1. The number of thiol groups is 1. The fraction of sp³-hybridized carbons (Fsp3) is 0.109. The molecule has 0 amide bonds. The van der Waals surface area contributed by atoms with Crippen molar-refractivity contribution in [3.8, 4) is 23.1 Å². The standard InChI is InChI=1S/C55H44N4S2/c1-4-5-16-38-22-29-48-45(33-38)51-53(58(48)40-19-12-7-13-20-40)50-44-32-36(2)21-28-47(44)57(39-17-10-6-11-18-39)54(50)52-46-34-42(60)25-30-49(46)59(55(51)52)41-23-26-43(27-24-41)61-31-14-8-9-15-37(3)35-56/h6-15,17-30,32-34,60H,3-5,16,31H2,1-2H3/b14-8-,15-9-. The molecule has 0 saturated heterocycles. The van der Waals surface area contributed by atoms with E-state index in [0.717, 1.165) is 52.5 Å². The quantitative estimate of drug-likeness (QED) is 0.0611. The predicted molar refractivity (Wildman–Crippen MR) is 264 cm³/mol. The highest BCUT2D eigenvalue weighted by Crippen LogP contribution is 2.50. The number of nitrogens with zero attached hydrogens (tertiary/aromatic N) is 4. The highest BCUT2D eigenvalue weighted by Gasteiger charge is 2.29. The monoisotopic (exact) mass is 824 g/mol. The van der Waals surface area contributed by atoms with Crippen LogP contribution in [0, 0.1) is 18.3 Å². The minimum absolute atomic E-state index is 0.444. The van der Waals surface area contributed by atoms with Crippen molar-refractivity contribution in [2.24, 2.45) is 0 Å². The van der Waals surface area contributed by atoms with Crippen molar-refractivity contribution in [2.45, 2.75) is 42.9 Å². The van der Waals surface area contributed by atoms with Crippen LogP contribution in [0.4, 0.5) is 0 Å². The molecule has 3 aromatic heterocycles. The van der Waals surface area contributed by atoms with Gasteiger partial charge in [-0.25, -0.2) is 0 Å². The van der Waals surface area contributed by atoms with E-state index in [4.69, 9.17) is 17.9 Å². The zero-order valence-electron chi connectivity index (χ0n) is 34.3. The van der Waals surface area contributed by atoms with Gasteiger partial charge in [0.05, 0.1) is 39.2 Å². The third kappa shape index (κ3) is 6.66. The van der Waals surface area contributed by atoms with Crippen molar-refractivity contribution < 1.29 is 0 Å². The Morgan fingerprint density at radius 1 is 0.656 bits per heavy atom. The number of unbranched alkanes of at least 4 members (excludes halogenated alkanes) is 1. The Morgan fingerprint density at radius 2 is 1.20 bits per heavy atom. The molecule has 0 aliphatic rings. The highest BCUT2D eigenvalue weighted by atomic mass is 32.2. The molecule has 0 aliphatic heterocycles. The van der Waals surface area contributed by atoms with Crippen LogP contribution >= 0.6 is 24.4 Å². The first kappa shape index (κ1) is 38.5. The number of aromatic nitrogens is 3. The summed E-state index contributed by atoms with van der Waals surface area (Å²) < 4.78 is 7.53. The topological polar surface area (TPSA) is 38.6 Å². The molecule has 0 saturated carbocycles. The number of para-hydroxylation sites is 2. The number of aryl methyl sites for hydroxylation is 2. The zero-order valence-corrected chi connectivity index (χ0v) is 36.0. The average molecular weight is 825 g/mol. The van der Waals surface area contributed by atoms with E-state index in [1.165, 1.54) is 75.9 Å². The molecule has 0 unspecified atom stereocenters. The molecule has 3 heterocycles. The van der Waals surface area contributed by atoms with E-state index in [1.807, 2.05) is 12.2 Å². The van der Waals surface area contributed by atoms with Crippen LogP contribution in [-0.4, -0.2) is 19.5 Å². The zero-order chi connectivity index (χ0) is 41.6. The number of benzene rings is 7. The summed E-state index contributed by atoms with van der Waals surface area (Å²) in [5.74, 6) is 0.810. The molecule has 10 rings (SSSR count). The molecule has 6 heteroatoms. The molecular formula is C55H44N4S2. The third-order valence-corrected chi connectivity index (χ3v) is 13.0. The van der Waals surface area contributed by atoms with Gasteiger partial charge < -0.3 is 13.7 Å². The Kier molecular flexibility index (Phi) is 10.2. The van der Waals surface area contributed by atoms with Gasteiger partial charge in [-0.05, 0) is 122 Å². The van der Waals surface area contributed by atoms with Gasteiger partial charge in [-0.3, -0.25) is 0 Å². The van der Waals surface area contributed by atoms with Crippen LogP contribution in [-0.2, 0) is 6.42 Å². The van der Waals surface area contributed by atoms with Gasteiger partial charge in [0.2, 0.25) is 0 Å². The summed E-state index contributed by atoms with van der Waals surface area (Å²) in [5, 5.41) is 16.4. The van der Waals surface area contributed by atoms with Crippen molar-refractivity contribution in [1.29, 1.82) is 5.26 Å². The first-order valence-electron chi connectivity index (χ1n) is 20.9. The fourth-order valence-electron chi connectivity index (χ4n) is 9.13. The summed E-state index contributed by atoms with van der Waals surface area (Å²) in [6, 6.07) is 53.6. The van der Waals surface area contributed by atoms with Crippen LogP contribution in [0.3, 0.4) is 0 Å². The number of rotatable bonds is 11. The van der Waals surface area contributed by atoms with Crippen molar-refractivity contribution in [3.63, 3.8) is 0 Å². The summed E-state index contributed by atoms with van der Waals surface area (Å²) in [7, 11) is 0. The van der Waals surface area contributed by atoms with Crippen molar-refractivity contribution in [2.75, 3.05) is 5.75 Å². The van der Waals surface area contributed by atoms with Crippen molar-refractivity contribution in [1.82, 2.24) is 13.7 Å². The van der Waals surface area contributed by atoms with Crippen LogP contribution in [0.5, 0.6) is 0 Å². The molecule has 10 aromatic rings. The summed E-state index contributed by atoms with van der Waals surface area (Å²) in [6.07, 6.45) is 11.0. The second-order valence-electron chi connectivity index (χ2n) is 15.8. The SMILES string of the molecule is C=C(C#N)/C=C\C=C/CSc1ccc(-n2c3ccc(S)cc3c3c4c(c5cc(C)ccc5n4-c4ccccc4)c4c(c5cc(CCCC)ccc5n4-c4ccccc4)c32)cc1. The normalized spacial score (nSPS) is 12.1. The molecule has 7 aromatic carbocycles. The van der Waals surface area contributed by atoms with E-state index >= 15 is 0 Å². The molecule has 0 N–H and O–H groups in total. The maximum Gasteiger partial charge on any atom is 0.0985 e. The van der Waals surface area contributed by atoms with E-state index in [1.54, 1.807) is 17.8 Å². The molecule has 0 fully saturated rings. The molecule has 0 spiro atoms. The Bertz CT molecular complexity index is 3430. The summed E-state index contributed by atoms with van der Waals surface area (Å²) in [5.41, 5.74) is 13.5. The first-order valence-corrected chi connectivity index (χ1v) is 22.4. The molecule has 61 heavy (non-hydrogen) atoms. The van der Waals surface area contributed by atoms with Gasteiger partial charge in [-0.2, -0.15) is 5.26 Å². The number of nitriles is 1. The van der Waals surface area contributed by atoms with Gasteiger partial charge in [0.1, 0.15) is 0 Å². The third-order valence-electron chi connectivity index (χ3n) is 11.8. The average Bonchev–Trinajstić information content (AvgIpc) is 3.92. The van der Waals surface area contributed by atoms with Gasteiger partial charge in [-0.1, -0.05) is 92.2 Å². The predicted octanol–water partition coefficient (Wildman–Crippen LogP) is 15.2. The van der Waals surface area contributed by atoms with Gasteiger partial charge in [-0.15, -0.1) is 24.4 Å². The molecular weight excluding hydrogens is 781 g/mol. The smallest absolute Gasteiger partial charge is 0.0985 e. The van der Waals surface area contributed by atoms with E-state index in [-0.39, 0.29) is 0 Å². The summed E-state index contributed by atoms with van der Waals surface area (Å²) in [6.45, 7) is 8.20. The van der Waals surface area contributed by atoms with E-state index in [2.05, 4.69) is 186 Å². The van der Waals surface area contributed by atoms with E-state index in [0.29, 0.717) is 5.57 Å². The van der Waals surface area contributed by atoms with Crippen LogP contribution in [0.2, 0.25) is 0 Å². The second-order valence-corrected chi connectivity index (χ2v) is 17.4. The number of thioether (sulfide) groups is 1. The van der Waals surface area contributed by atoms with Gasteiger partial charge in [0, 0.05) is 70.5 Å². The summed E-state index contributed by atoms with van der Waals surface area (Å²) in [4.78, 5) is 2.11. The Balaban J connectivity index is 1.37. The number of hydrogen-bond acceptors (Lipinski definition) is 3. The lowest BCUT2D eigenvalue weighted by Gasteiger charge is -2.13. The van der Waals surface area contributed by atoms with Crippen molar-refractivity contribution in [3.05, 3.63) is 187 Å². The lowest BCUT2D eigenvalue weighted by atomic mass is 10.00. The Morgan fingerprint density at radius 3 is 1.79 bits per heavy atom. The minimum Gasteiger partial charge on any atom is -0.308 e. The molecule has 0 atom stereocenters. The van der Waals surface area contributed by atoms with Gasteiger partial charge in [0.15, 0.2) is 0 Å². The van der Waals surface area contributed by atoms with E-state index in [9.17, 15) is 0 Å². The number of fused-ring (bicyclic) bond motifs is 12. The lowest BCUT2D eigenvalue weighted by Crippen LogP contribution is -1.98.